The predicted octanol–water partition coefficient (Wildman–Crippen LogP) is 3.92. The van der Waals surface area contributed by atoms with E-state index in [9.17, 15) is 26.7 Å². The van der Waals surface area contributed by atoms with Gasteiger partial charge in [-0.15, -0.1) is 13.2 Å². The standard InChI is InChI=1S/C12H11BrF5NO3/c1-2-21-9(20)4-8-7(10(14)15)3-6(5-13)19-11(8)22-12(16,17)18/h3,10H,2,4-5H2,1H3. The molecule has 0 amide bonds. The maximum absolute atomic E-state index is 13.1. The summed E-state index contributed by atoms with van der Waals surface area (Å²) in [6, 6.07) is 0.914. The third-order valence-corrected chi connectivity index (χ3v) is 2.96. The van der Waals surface area contributed by atoms with Gasteiger partial charge in [0.15, 0.2) is 0 Å². The maximum Gasteiger partial charge on any atom is 0.574 e. The number of halogens is 6. The van der Waals surface area contributed by atoms with Crippen molar-refractivity contribution in [3.05, 3.63) is 22.9 Å². The molecule has 0 atom stereocenters. The quantitative estimate of drug-likeness (QED) is 0.419. The fraction of sp³-hybridized carbons (Fsp3) is 0.500. The number of hydrogen-bond donors (Lipinski definition) is 0. The van der Waals surface area contributed by atoms with E-state index in [2.05, 4.69) is 30.4 Å². The second kappa shape index (κ2) is 7.70. The Bertz CT molecular complexity index is 536. The van der Waals surface area contributed by atoms with E-state index in [-0.39, 0.29) is 17.6 Å². The van der Waals surface area contributed by atoms with Crippen molar-refractivity contribution in [2.24, 2.45) is 0 Å². The summed E-state index contributed by atoms with van der Waals surface area (Å²) < 4.78 is 71.6. The van der Waals surface area contributed by atoms with E-state index in [1.165, 1.54) is 6.92 Å². The molecule has 0 bridgehead atoms. The predicted molar refractivity (Wildman–Crippen MR) is 68.8 cm³/mol. The van der Waals surface area contributed by atoms with Crippen LogP contribution in [0.2, 0.25) is 0 Å². The summed E-state index contributed by atoms with van der Waals surface area (Å²) in [4.78, 5) is 14.9. The molecule has 10 heteroatoms. The normalized spacial score (nSPS) is 11.6. The third-order valence-electron chi connectivity index (χ3n) is 2.38. The summed E-state index contributed by atoms with van der Waals surface area (Å²) in [6.45, 7) is 1.44. The number of rotatable bonds is 6. The number of esters is 1. The van der Waals surface area contributed by atoms with Gasteiger partial charge in [-0.3, -0.25) is 4.79 Å². The Hall–Kier alpha value is -1.45. The highest BCUT2D eigenvalue weighted by Gasteiger charge is 2.35. The number of nitrogens with zero attached hydrogens (tertiary/aromatic N) is 1. The van der Waals surface area contributed by atoms with Crippen LogP contribution in [0.5, 0.6) is 5.88 Å². The molecule has 1 rings (SSSR count). The first kappa shape index (κ1) is 18.6. The first-order chi connectivity index (χ1) is 10.2. The zero-order valence-electron chi connectivity index (χ0n) is 11.2. The minimum atomic E-state index is -5.12. The SMILES string of the molecule is CCOC(=O)Cc1c(C(F)F)cc(CBr)nc1OC(F)(F)F. The fourth-order valence-electron chi connectivity index (χ4n) is 1.61. The number of alkyl halides is 6. The van der Waals surface area contributed by atoms with E-state index in [0.29, 0.717) is 0 Å². The van der Waals surface area contributed by atoms with Crippen molar-refractivity contribution in [3.63, 3.8) is 0 Å². The molecule has 0 N–H and O–H groups in total. The molecule has 0 aliphatic carbocycles. The molecule has 0 saturated heterocycles. The zero-order chi connectivity index (χ0) is 16.9. The molecule has 124 valence electrons. The molecule has 0 fully saturated rings. The molecule has 1 heterocycles. The average molecular weight is 392 g/mol. The summed E-state index contributed by atoms with van der Waals surface area (Å²) in [6.07, 6.45) is -9.02. The second-order valence-corrected chi connectivity index (χ2v) is 4.51. The highest BCUT2D eigenvalue weighted by molar-refractivity contribution is 9.08. The van der Waals surface area contributed by atoms with Crippen LogP contribution in [0.15, 0.2) is 6.07 Å². The minimum absolute atomic E-state index is 0.0365. The van der Waals surface area contributed by atoms with E-state index in [0.717, 1.165) is 6.07 Å². The van der Waals surface area contributed by atoms with Gasteiger partial charge in [0.1, 0.15) is 0 Å². The second-order valence-electron chi connectivity index (χ2n) is 3.95. The van der Waals surface area contributed by atoms with Crippen molar-refractivity contribution in [2.45, 2.75) is 31.5 Å². The Kier molecular flexibility index (Phi) is 6.51. The topological polar surface area (TPSA) is 48.4 Å². The summed E-state index contributed by atoms with van der Waals surface area (Å²) in [5.74, 6) is -2.03. The Morgan fingerprint density at radius 2 is 2.05 bits per heavy atom. The molecule has 0 spiro atoms. The van der Waals surface area contributed by atoms with Gasteiger partial charge in [-0.2, -0.15) is 0 Å². The number of ether oxygens (including phenoxy) is 2. The lowest BCUT2D eigenvalue weighted by Gasteiger charge is -2.16. The monoisotopic (exact) mass is 391 g/mol. The van der Waals surface area contributed by atoms with Gasteiger partial charge in [0, 0.05) is 16.5 Å². The van der Waals surface area contributed by atoms with E-state index in [1.807, 2.05) is 0 Å². The molecule has 22 heavy (non-hydrogen) atoms. The number of carbonyl (C=O) groups excluding carboxylic acids is 1. The highest BCUT2D eigenvalue weighted by atomic mass is 79.9. The van der Waals surface area contributed by atoms with Crippen LogP contribution in [-0.4, -0.2) is 23.9 Å². The van der Waals surface area contributed by atoms with Crippen LogP contribution in [0.1, 0.15) is 30.2 Å². The van der Waals surface area contributed by atoms with Gasteiger partial charge in [0.2, 0.25) is 5.88 Å². The minimum Gasteiger partial charge on any atom is -0.466 e. The average Bonchev–Trinajstić information content (AvgIpc) is 2.38. The van der Waals surface area contributed by atoms with Crippen molar-refractivity contribution < 1.29 is 36.2 Å². The van der Waals surface area contributed by atoms with Crippen LogP contribution in [0, 0.1) is 0 Å². The number of hydrogen-bond acceptors (Lipinski definition) is 4. The molecular weight excluding hydrogens is 381 g/mol. The number of aromatic nitrogens is 1. The number of pyridine rings is 1. The Labute approximate surface area is 130 Å². The van der Waals surface area contributed by atoms with Crippen LogP contribution in [0.25, 0.3) is 0 Å². The Balaban J connectivity index is 3.35. The van der Waals surface area contributed by atoms with Gasteiger partial charge in [-0.25, -0.2) is 13.8 Å². The van der Waals surface area contributed by atoms with E-state index >= 15 is 0 Å². The van der Waals surface area contributed by atoms with Gasteiger partial charge in [0.05, 0.1) is 18.7 Å². The lowest BCUT2D eigenvalue weighted by atomic mass is 10.1. The van der Waals surface area contributed by atoms with Crippen molar-refractivity contribution in [1.82, 2.24) is 4.98 Å². The van der Waals surface area contributed by atoms with Gasteiger partial charge >= 0.3 is 12.3 Å². The summed E-state index contributed by atoms with van der Waals surface area (Å²) in [7, 11) is 0. The lowest BCUT2D eigenvalue weighted by Crippen LogP contribution is -2.21. The van der Waals surface area contributed by atoms with Crippen LogP contribution in [-0.2, 0) is 21.3 Å². The largest absolute Gasteiger partial charge is 0.574 e. The van der Waals surface area contributed by atoms with Crippen LogP contribution in [0.3, 0.4) is 0 Å². The molecule has 4 nitrogen and oxygen atoms in total. The Morgan fingerprint density at radius 1 is 1.41 bits per heavy atom. The molecular formula is C12H11BrF5NO3. The molecule has 0 saturated carbocycles. The summed E-state index contributed by atoms with van der Waals surface area (Å²) in [5, 5.41) is -0.0549. The first-order valence-corrected chi connectivity index (χ1v) is 7.08. The van der Waals surface area contributed by atoms with Crippen LogP contribution in [0.4, 0.5) is 22.0 Å². The first-order valence-electron chi connectivity index (χ1n) is 5.96. The smallest absolute Gasteiger partial charge is 0.466 e. The molecule has 1 aromatic heterocycles. The Morgan fingerprint density at radius 3 is 2.50 bits per heavy atom. The molecule has 0 unspecified atom stereocenters. The summed E-state index contributed by atoms with van der Waals surface area (Å²) >= 11 is 2.92. The molecule has 1 aromatic rings. The van der Waals surface area contributed by atoms with Gasteiger partial charge < -0.3 is 9.47 Å². The van der Waals surface area contributed by atoms with Gasteiger partial charge in [-0.1, -0.05) is 15.9 Å². The lowest BCUT2D eigenvalue weighted by molar-refractivity contribution is -0.276. The number of carbonyl (C=O) groups is 1. The highest BCUT2D eigenvalue weighted by Crippen LogP contribution is 2.33. The molecule has 0 aliphatic heterocycles. The van der Waals surface area contributed by atoms with E-state index in [4.69, 9.17) is 0 Å². The van der Waals surface area contributed by atoms with Gasteiger partial charge in [0.25, 0.3) is 6.43 Å². The van der Waals surface area contributed by atoms with Crippen molar-refractivity contribution in [1.29, 1.82) is 0 Å². The van der Waals surface area contributed by atoms with Crippen LogP contribution < -0.4 is 4.74 Å². The third kappa shape index (κ3) is 5.39. The van der Waals surface area contributed by atoms with Crippen LogP contribution >= 0.6 is 15.9 Å². The fourth-order valence-corrected chi connectivity index (χ4v) is 1.90. The van der Waals surface area contributed by atoms with E-state index < -0.39 is 42.2 Å². The molecule has 0 aliphatic rings. The van der Waals surface area contributed by atoms with Crippen molar-refractivity contribution in [3.8, 4) is 5.88 Å². The van der Waals surface area contributed by atoms with E-state index in [1.54, 1.807) is 0 Å². The molecule has 0 aromatic carbocycles. The summed E-state index contributed by atoms with van der Waals surface area (Å²) in [5.41, 5.74) is -1.48. The van der Waals surface area contributed by atoms with Crippen molar-refractivity contribution in [2.75, 3.05) is 6.61 Å². The molecule has 0 radical (unpaired) electrons. The van der Waals surface area contributed by atoms with Crippen molar-refractivity contribution >= 4 is 21.9 Å². The van der Waals surface area contributed by atoms with Gasteiger partial charge in [-0.05, 0) is 13.0 Å². The maximum atomic E-state index is 13.1. The zero-order valence-corrected chi connectivity index (χ0v) is 12.8.